The number of anilines is 1. The van der Waals surface area contributed by atoms with Gasteiger partial charge in [0.15, 0.2) is 5.69 Å². The zero-order chi connectivity index (χ0) is 15.1. The lowest BCUT2D eigenvalue weighted by atomic mass is 9.88. The van der Waals surface area contributed by atoms with Crippen LogP contribution in [0.1, 0.15) is 47.1 Å². The monoisotopic (exact) mass is 296 g/mol. The molecule has 1 amide bonds. The van der Waals surface area contributed by atoms with Crippen LogP contribution in [0.4, 0.5) is 5.69 Å². The standard InChI is InChI=1S/C18H20N2O2/c1-12-8-9-16-14(11-12)17(19-22-16)18(21)20-10-4-6-13-5-2-3-7-15(13)20/h2-3,5,7,12H,4,6,8-11H2,1H3. The fourth-order valence-corrected chi connectivity index (χ4v) is 3.62. The molecule has 2 heterocycles. The van der Waals surface area contributed by atoms with Gasteiger partial charge >= 0.3 is 0 Å². The molecule has 0 saturated carbocycles. The van der Waals surface area contributed by atoms with E-state index in [9.17, 15) is 4.79 Å². The van der Waals surface area contributed by atoms with Crippen LogP contribution in [-0.4, -0.2) is 17.6 Å². The highest BCUT2D eigenvalue weighted by Gasteiger charge is 2.31. The summed E-state index contributed by atoms with van der Waals surface area (Å²) >= 11 is 0. The first-order valence-electron chi connectivity index (χ1n) is 8.11. The molecule has 0 radical (unpaired) electrons. The molecule has 22 heavy (non-hydrogen) atoms. The van der Waals surface area contributed by atoms with Gasteiger partial charge in [0.1, 0.15) is 5.76 Å². The molecule has 1 unspecified atom stereocenters. The zero-order valence-corrected chi connectivity index (χ0v) is 12.8. The van der Waals surface area contributed by atoms with Gasteiger partial charge in [-0.2, -0.15) is 0 Å². The maximum atomic E-state index is 13.0. The van der Waals surface area contributed by atoms with Gasteiger partial charge in [0, 0.05) is 24.2 Å². The summed E-state index contributed by atoms with van der Waals surface area (Å²) < 4.78 is 5.44. The summed E-state index contributed by atoms with van der Waals surface area (Å²) in [5.41, 5.74) is 3.83. The molecule has 2 aliphatic rings. The number of rotatable bonds is 1. The van der Waals surface area contributed by atoms with Crippen LogP contribution in [0, 0.1) is 5.92 Å². The average Bonchev–Trinajstić information content (AvgIpc) is 2.96. The summed E-state index contributed by atoms with van der Waals surface area (Å²) in [4.78, 5) is 14.9. The number of carbonyl (C=O) groups excluding carboxylic acids is 1. The van der Waals surface area contributed by atoms with Crippen molar-refractivity contribution in [1.82, 2.24) is 5.16 Å². The van der Waals surface area contributed by atoms with Crippen molar-refractivity contribution in [2.24, 2.45) is 5.92 Å². The van der Waals surface area contributed by atoms with E-state index in [4.69, 9.17) is 4.52 Å². The van der Waals surface area contributed by atoms with Crippen LogP contribution >= 0.6 is 0 Å². The fraction of sp³-hybridized carbons (Fsp3) is 0.444. The molecule has 4 nitrogen and oxygen atoms in total. The van der Waals surface area contributed by atoms with Gasteiger partial charge in [0.25, 0.3) is 5.91 Å². The molecule has 4 heteroatoms. The van der Waals surface area contributed by atoms with Gasteiger partial charge in [0.05, 0.1) is 0 Å². The Balaban J connectivity index is 1.70. The second-order valence-electron chi connectivity index (χ2n) is 6.47. The van der Waals surface area contributed by atoms with E-state index in [1.807, 2.05) is 23.1 Å². The van der Waals surface area contributed by atoms with Crippen LogP contribution in [0.25, 0.3) is 0 Å². The number of carbonyl (C=O) groups is 1. The molecule has 4 rings (SSSR count). The van der Waals surface area contributed by atoms with Gasteiger partial charge in [-0.15, -0.1) is 0 Å². The maximum absolute atomic E-state index is 13.0. The summed E-state index contributed by atoms with van der Waals surface area (Å²) in [5, 5.41) is 4.11. The number of hydrogen-bond acceptors (Lipinski definition) is 3. The second kappa shape index (κ2) is 5.27. The minimum absolute atomic E-state index is 0.00810. The number of nitrogens with zero attached hydrogens (tertiary/aromatic N) is 2. The maximum Gasteiger partial charge on any atom is 0.280 e. The van der Waals surface area contributed by atoms with E-state index in [0.29, 0.717) is 11.6 Å². The van der Waals surface area contributed by atoms with Gasteiger partial charge in [0.2, 0.25) is 0 Å². The first-order valence-corrected chi connectivity index (χ1v) is 8.11. The lowest BCUT2D eigenvalue weighted by molar-refractivity contribution is 0.0975. The number of aromatic nitrogens is 1. The minimum Gasteiger partial charge on any atom is -0.360 e. The van der Waals surface area contributed by atoms with Gasteiger partial charge in [-0.1, -0.05) is 30.3 Å². The predicted octanol–water partition coefficient (Wildman–Crippen LogP) is 3.39. The first kappa shape index (κ1) is 13.6. The number of benzene rings is 1. The van der Waals surface area contributed by atoms with Crippen LogP contribution < -0.4 is 4.90 Å². The quantitative estimate of drug-likeness (QED) is 0.810. The third kappa shape index (κ3) is 2.14. The lowest BCUT2D eigenvalue weighted by Gasteiger charge is -2.29. The Hall–Kier alpha value is -2.10. The smallest absolute Gasteiger partial charge is 0.280 e. The molecule has 0 bridgehead atoms. The first-order chi connectivity index (χ1) is 10.7. The van der Waals surface area contributed by atoms with E-state index >= 15 is 0 Å². The molecule has 2 aromatic rings. The molecular weight excluding hydrogens is 276 g/mol. The van der Waals surface area contributed by atoms with Crippen LogP contribution in [-0.2, 0) is 19.3 Å². The molecule has 114 valence electrons. The molecule has 0 saturated heterocycles. The number of fused-ring (bicyclic) bond motifs is 2. The molecule has 1 aromatic carbocycles. The van der Waals surface area contributed by atoms with Crippen molar-refractivity contribution in [3.63, 3.8) is 0 Å². The van der Waals surface area contributed by atoms with E-state index in [-0.39, 0.29) is 5.91 Å². The molecule has 0 N–H and O–H groups in total. The summed E-state index contributed by atoms with van der Waals surface area (Å²) in [5.74, 6) is 1.49. The molecule has 1 aliphatic heterocycles. The molecule has 0 spiro atoms. The van der Waals surface area contributed by atoms with Gasteiger partial charge in [-0.25, -0.2) is 0 Å². The summed E-state index contributed by atoms with van der Waals surface area (Å²) in [7, 11) is 0. The number of hydrogen-bond donors (Lipinski definition) is 0. The number of para-hydroxylation sites is 1. The van der Waals surface area contributed by atoms with Crippen LogP contribution in [0.3, 0.4) is 0 Å². The van der Waals surface area contributed by atoms with Crippen molar-refractivity contribution >= 4 is 11.6 Å². The lowest BCUT2D eigenvalue weighted by Crippen LogP contribution is -2.36. The zero-order valence-electron chi connectivity index (χ0n) is 12.8. The van der Waals surface area contributed by atoms with E-state index in [2.05, 4.69) is 18.1 Å². The Morgan fingerprint density at radius 3 is 3.09 bits per heavy atom. The SMILES string of the molecule is CC1CCc2onc(C(=O)N3CCCc4ccccc43)c2C1. The number of aryl methyl sites for hydroxylation is 2. The number of amides is 1. The van der Waals surface area contributed by atoms with Crippen LogP contribution in [0.2, 0.25) is 0 Å². The van der Waals surface area contributed by atoms with E-state index in [0.717, 1.165) is 55.7 Å². The molecule has 1 aliphatic carbocycles. The summed E-state index contributed by atoms with van der Waals surface area (Å²) in [6.45, 7) is 2.98. The average molecular weight is 296 g/mol. The Morgan fingerprint density at radius 1 is 1.32 bits per heavy atom. The Morgan fingerprint density at radius 2 is 2.18 bits per heavy atom. The van der Waals surface area contributed by atoms with Crippen molar-refractivity contribution in [3.05, 3.63) is 46.8 Å². The molecule has 1 atom stereocenters. The molecule has 0 fully saturated rings. The highest BCUT2D eigenvalue weighted by atomic mass is 16.5. The third-order valence-electron chi connectivity index (χ3n) is 4.84. The van der Waals surface area contributed by atoms with Gasteiger partial charge in [-0.05, 0) is 43.2 Å². The Kier molecular flexibility index (Phi) is 3.25. The second-order valence-corrected chi connectivity index (χ2v) is 6.47. The summed E-state index contributed by atoms with van der Waals surface area (Å²) in [6.07, 6.45) is 4.94. The van der Waals surface area contributed by atoms with Crippen LogP contribution in [0.15, 0.2) is 28.8 Å². The Bertz CT molecular complexity index is 720. The van der Waals surface area contributed by atoms with E-state index < -0.39 is 0 Å². The summed E-state index contributed by atoms with van der Waals surface area (Å²) in [6, 6.07) is 8.16. The van der Waals surface area contributed by atoms with Crippen molar-refractivity contribution in [2.45, 2.75) is 39.0 Å². The topological polar surface area (TPSA) is 46.3 Å². The molecular formula is C18H20N2O2. The third-order valence-corrected chi connectivity index (χ3v) is 4.84. The van der Waals surface area contributed by atoms with Crippen LogP contribution in [0.5, 0.6) is 0 Å². The molecule has 1 aromatic heterocycles. The van der Waals surface area contributed by atoms with Gasteiger partial charge in [-0.3, -0.25) is 4.79 Å². The van der Waals surface area contributed by atoms with E-state index in [1.165, 1.54) is 5.56 Å². The van der Waals surface area contributed by atoms with Crippen molar-refractivity contribution in [1.29, 1.82) is 0 Å². The minimum atomic E-state index is -0.00810. The highest BCUT2D eigenvalue weighted by molar-refractivity contribution is 6.06. The van der Waals surface area contributed by atoms with Crippen molar-refractivity contribution < 1.29 is 9.32 Å². The Labute approximate surface area is 130 Å². The predicted molar refractivity (Wildman–Crippen MR) is 84.1 cm³/mol. The van der Waals surface area contributed by atoms with Gasteiger partial charge < -0.3 is 9.42 Å². The normalized spacial score (nSPS) is 20.4. The van der Waals surface area contributed by atoms with E-state index in [1.54, 1.807) is 0 Å². The highest BCUT2D eigenvalue weighted by Crippen LogP contribution is 2.32. The fourth-order valence-electron chi connectivity index (χ4n) is 3.62. The van der Waals surface area contributed by atoms with Crippen molar-refractivity contribution in [2.75, 3.05) is 11.4 Å². The van der Waals surface area contributed by atoms with Crippen molar-refractivity contribution in [3.8, 4) is 0 Å². The largest absolute Gasteiger partial charge is 0.360 e.